The van der Waals surface area contributed by atoms with Gasteiger partial charge in [-0.25, -0.2) is 0 Å². The lowest BCUT2D eigenvalue weighted by atomic mass is 10.0. The lowest BCUT2D eigenvalue weighted by Crippen LogP contribution is -2.45. The molecule has 6 heteroatoms. The van der Waals surface area contributed by atoms with E-state index in [-0.39, 0.29) is 11.9 Å². The van der Waals surface area contributed by atoms with Gasteiger partial charge in [-0.15, -0.1) is 0 Å². The van der Waals surface area contributed by atoms with Gasteiger partial charge in [0.1, 0.15) is 0 Å². The van der Waals surface area contributed by atoms with Gasteiger partial charge < -0.3 is 15.4 Å². The van der Waals surface area contributed by atoms with Crippen molar-refractivity contribution in [2.75, 3.05) is 45.9 Å². The van der Waals surface area contributed by atoms with Crippen molar-refractivity contribution in [3.63, 3.8) is 0 Å². The topological polar surface area (TPSA) is 53.6 Å². The number of amides is 1. The van der Waals surface area contributed by atoms with Gasteiger partial charge in [-0.2, -0.15) is 0 Å². The van der Waals surface area contributed by atoms with E-state index >= 15 is 0 Å². The number of hydrogen-bond acceptors (Lipinski definition) is 4. The van der Waals surface area contributed by atoms with Crippen molar-refractivity contribution in [1.29, 1.82) is 0 Å². The standard InChI is InChI=1S/C18H26ClN3O2/c19-16-4-2-1-3-15(16)17(22-7-9-24-10-8-22)12-21-18(23)13-20-11-14-5-6-14/h1-4,14,17,20H,5-13H2,(H,21,23). The number of carbonyl (C=O) groups is 1. The number of hydrogen-bond donors (Lipinski definition) is 2. The highest BCUT2D eigenvalue weighted by Crippen LogP contribution is 2.28. The highest BCUT2D eigenvalue weighted by molar-refractivity contribution is 6.31. The zero-order valence-electron chi connectivity index (χ0n) is 14.0. The number of carbonyl (C=O) groups excluding carboxylic acids is 1. The fourth-order valence-electron chi connectivity index (χ4n) is 3.06. The maximum Gasteiger partial charge on any atom is 0.234 e. The Kier molecular flexibility index (Phi) is 6.49. The van der Waals surface area contributed by atoms with Gasteiger partial charge in [0.05, 0.1) is 25.8 Å². The predicted molar refractivity (Wildman–Crippen MR) is 95.2 cm³/mol. The van der Waals surface area contributed by atoms with Crippen molar-refractivity contribution in [3.05, 3.63) is 34.9 Å². The predicted octanol–water partition coefficient (Wildman–Crippen LogP) is 1.83. The van der Waals surface area contributed by atoms with Gasteiger partial charge in [-0.3, -0.25) is 9.69 Å². The molecule has 1 heterocycles. The van der Waals surface area contributed by atoms with E-state index in [2.05, 4.69) is 15.5 Å². The maximum absolute atomic E-state index is 12.1. The smallest absolute Gasteiger partial charge is 0.234 e. The van der Waals surface area contributed by atoms with Crippen molar-refractivity contribution >= 4 is 17.5 Å². The first-order valence-electron chi connectivity index (χ1n) is 8.77. The zero-order valence-corrected chi connectivity index (χ0v) is 14.7. The van der Waals surface area contributed by atoms with E-state index in [0.29, 0.717) is 13.1 Å². The summed E-state index contributed by atoms with van der Waals surface area (Å²) in [5.41, 5.74) is 1.06. The van der Waals surface area contributed by atoms with E-state index in [1.54, 1.807) is 0 Å². The van der Waals surface area contributed by atoms with Crippen LogP contribution in [0.25, 0.3) is 0 Å². The third-order valence-electron chi connectivity index (χ3n) is 4.66. The molecular weight excluding hydrogens is 326 g/mol. The number of halogens is 1. The molecular formula is C18H26ClN3O2. The Bertz CT molecular complexity index is 545. The molecule has 2 aliphatic rings. The van der Waals surface area contributed by atoms with Crippen LogP contribution >= 0.6 is 11.6 Å². The molecule has 1 aliphatic heterocycles. The molecule has 0 radical (unpaired) electrons. The molecule has 3 rings (SSSR count). The fourth-order valence-corrected chi connectivity index (χ4v) is 3.32. The monoisotopic (exact) mass is 351 g/mol. The van der Waals surface area contributed by atoms with Crippen LogP contribution in [-0.4, -0.2) is 56.7 Å². The van der Waals surface area contributed by atoms with Crippen molar-refractivity contribution < 1.29 is 9.53 Å². The van der Waals surface area contributed by atoms with Gasteiger partial charge in [0.15, 0.2) is 0 Å². The van der Waals surface area contributed by atoms with E-state index in [1.807, 2.05) is 24.3 Å². The molecule has 24 heavy (non-hydrogen) atoms. The minimum atomic E-state index is 0.0426. The van der Waals surface area contributed by atoms with E-state index < -0.39 is 0 Å². The summed E-state index contributed by atoms with van der Waals surface area (Å²) in [6.45, 7) is 5.04. The summed E-state index contributed by atoms with van der Waals surface area (Å²) in [5.74, 6) is 0.822. The maximum atomic E-state index is 12.1. The lowest BCUT2D eigenvalue weighted by Gasteiger charge is -2.35. The molecule has 1 unspecified atom stereocenters. The molecule has 1 saturated carbocycles. The first-order valence-corrected chi connectivity index (χ1v) is 9.15. The highest BCUT2D eigenvalue weighted by atomic mass is 35.5. The molecule has 0 aromatic heterocycles. The molecule has 132 valence electrons. The number of rotatable bonds is 8. The molecule has 2 fully saturated rings. The van der Waals surface area contributed by atoms with Gasteiger partial charge in [0.2, 0.25) is 5.91 Å². The highest BCUT2D eigenvalue weighted by Gasteiger charge is 2.25. The molecule has 1 atom stereocenters. The zero-order chi connectivity index (χ0) is 16.8. The van der Waals surface area contributed by atoms with Crippen molar-refractivity contribution in [2.24, 2.45) is 5.92 Å². The lowest BCUT2D eigenvalue weighted by molar-refractivity contribution is -0.120. The molecule has 2 N–H and O–H groups in total. The SMILES string of the molecule is O=C(CNCC1CC1)NCC(c1ccccc1Cl)N1CCOCC1. The Morgan fingerprint density at radius 3 is 2.75 bits per heavy atom. The summed E-state index contributed by atoms with van der Waals surface area (Å²) in [7, 11) is 0. The molecule has 0 spiro atoms. The van der Waals surface area contributed by atoms with Crippen LogP contribution in [0.15, 0.2) is 24.3 Å². The van der Waals surface area contributed by atoms with E-state index in [0.717, 1.165) is 49.4 Å². The van der Waals surface area contributed by atoms with Crippen molar-refractivity contribution in [3.8, 4) is 0 Å². The summed E-state index contributed by atoms with van der Waals surface area (Å²) >= 11 is 6.40. The summed E-state index contributed by atoms with van der Waals surface area (Å²) in [4.78, 5) is 14.4. The molecule has 1 aromatic carbocycles. The fraction of sp³-hybridized carbons (Fsp3) is 0.611. The number of ether oxygens (including phenoxy) is 1. The van der Waals surface area contributed by atoms with Crippen LogP contribution in [0, 0.1) is 5.92 Å². The van der Waals surface area contributed by atoms with Gasteiger partial charge in [-0.05, 0) is 36.9 Å². The van der Waals surface area contributed by atoms with Crippen molar-refractivity contribution in [1.82, 2.24) is 15.5 Å². The average Bonchev–Trinajstić information content (AvgIpc) is 3.42. The summed E-state index contributed by atoms with van der Waals surface area (Å²) in [6, 6.07) is 7.95. The minimum absolute atomic E-state index is 0.0426. The summed E-state index contributed by atoms with van der Waals surface area (Å²) < 4.78 is 5.45. The molecule has 5 nitrogen and oxygen atoms in total. The number of benzene rings is 1. The van der Waals surface area contributed by atoms with Crippen molar-refractivity contribution in [2.45, 2.75) is 18.9 Å². The van der Waals surface area contributed by atoms with E-state index in [1.165, 1.54) is 12.8 Å². The Labute approximate surface area is 148 Å². The third kappa shape index (κ3) is 5.18. The van der Waals surface area contributed by atoms with Gasteiger partial charge in [0, 0.05) is 24.7 Å². The van der Waals surface area contributed by atoms with Gasteiger partial charge in [-0.1, -0.05) is 29.8 Å². The quantitative estimate of drug-likeness (QED) is 0.750. The first-order chi connectivity index (χ1) is 11.7. The van der Waals surface area contributed by atoms with E-state index in [4.69, 9.17) is 16.3 Å². The van der Waals surface area contributed by atoms with Crippen LogP contribution in [0.5, 0.6) is 0 Å². The van der Waals surface area contributed by atoms with E-state index in [9.17, 15) is 4.79 Å². The second-order valence-corrected chi connectivity index (χ2v) is 6.97. The normalized spacial score (nSPS) is 19.9. The molecule has 1 amide bonds. The van der Waals surface area contributed by atoms with Gasteiger partial charge >= 0.3 is 0 Å². The van der Waals surface area contributed by atoms with Crippen LogP contribution in [0.2, 0.25) is 5.02 Å². The van der Waals surface area contributed by atoms with Crippen LogP contribution in [0.3, 0.4) is 0 Å². The number of morpholine rings is 1. The Hall–Kier alpha value is -1.14. The second-order valence-electron chi connectivity index (χ2n) is 6.56. The molecule has 1 aliphatic carbocycles. The minimum Gasteiger partial charge on any atom is -0.379 e. The summed E-state index contributed by atoms with van der Waals surface area (Å²) in [6.07, 6.45) is 2.58. The van der Waals surface area contributed by atoms with Crippen LogP contribution < -0.4 is 10.6 Å². The molecule has 1 saturated heterocycles. The van der Waals surface area contributed by atoms with Crippen LogP contribution in [-0.2, 0) is 9.53 Å². The number of nitrogens with zero attached hydrogens (tertiary/aromatic N) is 1. The second kappa shape index (κ2) is 8.81. The molecule has 0 bridgehead atoms. The summed E-state index contributed by atoms with van der Waals surface area (Å²) in [5, 5.41) is 7.03. The van der Waals surface area contributed by atoms with Crippen LogP contribution in [0.1, 0.15) is 24.4 Å². The largest absolute Gasteiger partial charge is 0.379 e. The van der Waals surface area contributed by atoms with Gasteiger partial charge in [0.25, 0.3) is 0 Å². The Balaban J connectivity index is 1.56. The third-order valence-corrected chi connectivity index (χ3v) is 5.00. The number of nitrogens with one attached hydrogen (secondary N) is 2. The van der Waals surface area contributed by atoms with Crippen LogP contribution in [0.4, 0.5) is 0 Å². The average molecular weight is 352 g/mol. The Morgan fingerprint density at radius 2 is 2.04 bits per heavy atom. The Morgan fingerprint density at radius 1 is 1.29 bits per heavy atom. The molecule has 1 aromatic rings. The first kappa shape index (κ1) is 17.7.